The number of nitrogens with zero attached hydrogens (tertiary/aromatic N) is 2. The number of hydrazine groups is 1. The Morgan fingerprint density at radius 2 is 1.89 bits per heavy atom. The molecule has 0 aliphatic carbocycles. The van der Waals surface area contributed by atoms with Crippen LogP contribution in [0.25, 0.3) is 0 Å². The van der Waals surface area contributed by atoms with Crippen LogP contribution in [0.1, 0.15) is 40.0 Å². The molecule has 1 atom stereocenters. The number of anilines is 1. The second kappa shape index (κ2) is 9.30. The van der Waals surface area contributed by atoms with Crippen LogP contribution in [-0.4, -0.2) is 47.9 Å². The van der Waals surface area contributed by atoms with Crippen molar-refractivity contribution < 1.29 is 4.79 Å². The molecule has 2 aromatic carbocycles. The zero-order valence-electron chi connectivity index (χ0n) is 16.6. The maximum atomic E-state index is 12.7. The second-order valence-electron chi connectivity index (χ2n) is 6.87. The molecule has 146 valence electrons. The lowest BCUT2D eigenvalue weighted by molar-refractivity contribution is 0.103. The van der Waals surface area contributed by atoms with E-state index in [2.05, 4.69) is 27.6 Å². The van der Waals surface area contributed by atoms with Crippen molar-refractivity contribution in [3.63, 3.8) is 0 Å². The van der Waals surface area contributed by atoms with E-state index in [1.165, 1.54) is 0 Å². The van der Waals surface area contributed by atoms with Crippen LogP contribution in [0.3, 0.4) is 0 Å². The van der Waals surface area contributed by atoms with Gasteiger partial charge in [0.15, 0.2) is 5.78 Å². The largest absolute Gasteiger partial charge is 0.327 e. The summed E-state index contributed by atoms with van der Waals surface area (Å²) in [5, 5.41) is 5.09. The van der Waals surface area contributed by atoms with E-state index in [0.29, 0.717) is 17.1 Å². The van der Waals surface area contributed by atoms with E-state index in [4.69, 9.17) is 0 Å². The minimum Gasteiger partial charge on any atom is -0.327 e. The number of aromatic amines is 1. The van der Waals surface area contributed by atoms with E-state index in [-0.39, 0.29) is 11.7 Å². The molecule has 3 aromatic rings. The first-order valence-corrected chi connectivity index (χ1v) is 9.45. The van der Waals surface area contributed by atoms with E-state index >= 15 is 0 Å². The molecular weight excluding hydrogens is 350 g/mol. The van der Waals surface area contributed by atoms with Crippen molar-refractivity contribution in [3.8, 4) is 0 Å². The van der Waals surface area contributed by atoms with Gasteiger partial charge in [-0.1, -0.05) is 55.5 Å². The monoisotopic (exact) mass is 377 g/mol. The molecule has 1 heterocycles. The summed E-state index contributed by atoms with van der Waals surface area (Å²) in [6.07, 6.45) is 1.84. The van der Waals surface area contributed by atoms with Gasteiger partial charge in [0.05, 0.1) is 6.20 Å². The summed E-state index contributed by atoms with van der Waals surface area (Å²) in [5.41, 5.74) is 6.68. The van der Waals surface area contributed by atoms with E-state index in [0.717, 1.165) is 24.3 Å². The molecule has 28 heavy (non-hydrogen) atoms. The fraction of sp³-hybridized carbons (Fsp3) is 0.273. The zero-order valence-corrected chi connectivity index (χ0v) is 16.6. The molecule has 0 aliphatic rings. The van der Waals surface area contributed by atoms with Crippen molar-refractivity contribution in [3.05, 3.63) is 83.2 Å². The zero-order chi connectivity index (χ0) is 19.9. The highest BCUT2D eigenvalue weighted by atomic mass is 16.1. The number of hydrogen-bond acceptors (Lipinski definition) is 5. The van der Waals surface area contributed by atoms with Gasteiger partial charge < -0.3 is 10.3 Å². The molecule has 0 saturated carbocycles. The maximum Gasteiger partial charge on any atom is 0.215 e. The Morgan fingerprint density at radius 3 is 2.64 bits per heavy atom. The first-order valence-electron chi connectivity index (χ1n) is 9.45. The van der Waals surface area contributed by atoms with E-state index in [1.807, 2.05) is 79.9 Å². The van der Waals surface area contributed by atoms with Crippen molar-refractivity contribution in [2.45, 2.75) is 12.8 Å². The van der Waals surface area contributed by atoms with Crippen LogP contribution in [0.15, 0.2) is 60.8 Å². The Morgan fingerprint density at radius 1 is 1.14 bits per heavy atom. The smallest absolute Gasteiger partial charge is 0.215 e. The molecule has 0 bridgehead atoms. The van der Waals surface area contributed by atoms with Crippen molar-refractivity contribution in [1.29, 1.82) is 0 Å². The highest BCUT2D eigenvalue weighted by Crippen LogP contribution is 2.25. The topological polar surface area (TPSA) is 73.0 Å². The second-order valence-corrected chi connectivity index (χ2v) is 6.87. The lowest BCUT2D eigenvalue weighted by Gasteiger charge is -2.17. The predicted molar refractivity (Wildman–Crippen MR) is 113 cm³/mol. The fourth-order valence-electron chi connectivity index (χ4n) is 3.01. The number of ketones is 1. The molecule has 0 amide bonds. The summed E-state index contributed by atoms with van der Waals surface area (Å²) < 4.78 is 0. The standard InChI is InChI=1S/C22H27N5O/c1-16(20-15-24-22(25-20)26-27(3)13-12-23-2)18-10-7-11-19(14-18)21(28)17-8-5-4-6-9-17/h4-11,14-16,23H,12-13H2,1-3H3,(H2,24,25,26). The van der Waals surface area contributed by atoms with E-state index in [9.17, 15) is 4.79 Å². The third kappa shape index (κ3) is 4.85. The van der Waals surface area contributed by atoms with Gasteiger partial charge in [0.2, 0.25) is 5.95 Å². The van der Waals surface area contributed by atoms with Gasteiger partial charge in [-0.25, -0.2) is 9.99 Å². The number of hydrogen-bond donors (Lipinski definition) is 3. The first kappa shape index (κ1) is 19.8. The van der Waals surface area contributed by atoms with Crippen molar-refractivity contribution >= 4 is 11.7 Å². The molecule has 0 fully saturated rings. The van der Waals surface area contributed by atoms with Gasteiger partial charge in [0.1, 0.15) is 0 Å². The number of H-pyrrole nitrogens is 1. The fourth-order valence-corrected chi connectivity index (χ4v) is 3.01. The Kier molecular flexibility index (Phi) is 6.57. The Hall–Kier alpha value is -2.96. The highest BCUT2D eigenvalue weighted by molar-refractivity contribution is 6.09. The Bertz CT molecular complexity index is 906. The van der Waals surface area contributed by atoms with Gasteiger partial charge in [0, 0.05) is 42.9 Å². The van der Waals surface area contributed by atoms with Gasteiger partial charge in [0.25, 0.3) is 0 Å². The molecule has 0 spiro atoms. The molecule has 6 nitrogen and oxygen atoms in total. The lowest BCUT2D eigenvalue weighted by atomic mass is 9.94. The predicted octanol–water partition coefficient (Wildman–Crippen LogP) is 3.27. The summed E-state index contributed by atoms with van der Waals surface area (Å²) in [6, 6.07) is 17.2. The summed E-state index contributed by atoms with van der Waals surface area (Å²) in [4.78, 5) is 20.5. The Balaban J connectivity index is 1.73. The lowest BCUT2D eigenvalue weighted by Crippen LogP contribution is -2.32. The normalized spacial score (nSPS) is 12.1. The van der Waals surface area contributed by atoms with E-state index < -0.39 is 0 Å². The average molecular weight is 377 g/mol. The highest BCUT2D eigenvalue weighted by Gasteiger charge is 2.15. The van der Waals surface area contributed by atoms with Crippen LogP contribution in [0, 0.1) is 0 Å². The number of imidazole rings is 1. The average Bonchev–Trinajstić information content (AvgIpc) is 3.20. The summed E-state index contributed by atoms with van der Waals surface area (Å²) >= 11 is 0. The SMILES string of the molecule is CNCCN(C)Nc1ncc(C(C)c2cccc(C(=O)c3ccccc3)c2)[nH]1. The van der Waals surface area contributed by atoms with Crippen molar-refractivity contribution in [2.75, 3.05) is 32.6 Å². The van der Waals surface area contributed by atoms with Crippen LogP contribution < -0.4 is 10.7 Å². The number of benzene rings is 2. The molecule has 3 N–H and O–H groups in total. The van der Waals surface area contributed by atoms with Crippen LogP contribution in [0.5, 0.6) is 0 Å². The number of carbonyl (C=O) groups excluding carboxylic acids is 1. The van der Waals surface area contributed by atoms with Crippen molar-refractivity contribution in [2.24, 2.45) is 0 Å². The van der Waals surface area contributed by atoms with Gasteiger partial charge in [-0.15, -0.1) is 0 Å². The number of rotatable bonds is 9. The van der Waals surface area contributed by atoms with Crippen molar-refractivity contribution in [1.82, 2.24) is 20.3 Å². The number of carbonyl (C=O) groups is 1. The number of nitrogens with one attached hydrogen (secondary N) is 3. The summed E-state index contributed by atoms with van der Waals surface area (Å²) in [6.45, 7) is 3.84. The summed E-state index contributed by atoms with van der Waals surface area (Å²) in [5.74, 6) is 0.832. The third-order valence-corrected chi connectivity index (χ3v) is 4.74. The minimum absolute atomic E-state index is 0.0350. The molecule has 1 aromatic heterocycles. The van der Waals surface area contributed by atoms with Crippen LogP contribution >= 0.6 is 0 Å². The first-order chi connectivity index (χ1) is 13.6. The van der Waals surface area contributed by atoms with Gasteiger partial charge >= 0.3 is 0 Å². The number of aromatic nitrogens is 2. The molecule has 0 saturated heterocycles. The van der Waals surface area contributed by atoms with Crippen LogP contribution in [0.2, 0.25) is 0 Å². The summed E-state index contributed by atoms with van der Waals surface area (Å²) in [7, 11) is 3.90. The Labute approximate surface area is 166 Å². The molecule has 0 aliphatic heterocycles. The molecule has 3 rings (SSSR count). The quantitative estimate of drug-likeness (QED) is 0.394. The number of likely N-dealkylation sites (N-methyl/N-ethyl adjacent to an activating group) is 2. The van der Waals surface area contributed by atoms with Crippen LogP contribution in [-0.2, 0) is 0 Å². The van der Waals surface area contributed by atoms with Crippen LogP contribution in [0.4, 0.5) is 5.95 Å². The minimum atomic E-state index is 0.0350. The molecule has 0 radical (unpaired) electrons. The molecule has 6 heteroatoms. The van der Waals surface area contributed by atoms with Gasteiger partial charge in [-0.3, -0.25) is 10.2 Å². The van der Waals surface area contributed by atoms with Gasteiger partial charge in [-0.2, -0.15) is 0 Å². The van der Waals surface area contributed by atoms with Gasteiger partial charge in [-0.05, 0) is 18.7 Å². The molecular formula is C22H27N5O. The maximum absolute atomic E-state index is 12.7. The van der Waals surface area contributed by atoms with E-state index in [1.54, 1.807) is 0 Å². The third-order valence-electron chi connectivity index (χ3n) is 4.74. The molecule has 1 unspecified atom stereocenters.